The van der Waals surface area contributed by atoms with Gasteiger partial charge in [0.25, 0.3) is 0 Å². The van der Waals surface area contributed by atoms with Crippen LogP contribution in [0.3, 0.4) is 0 Å². The Morgan fingerprint density at radius 1 is 1.00 bits per heavy atom. The average molecular weight is 123 g/mol. The number of rotatable bonds is 3. The molecule has 0 aliphatic heterocycles. The molecule has 0 rings (SSSR count). The van der Waals surface area contributed by atoms with Crippen molar-refractivity contribution in [1.82, 2.24) is 0 Å². The number of hydrogen-bond acceptors (Lipinski definition) is 1. The molecular formula is C7H18LiN. The van der Waals surface area contributed by atoms with E-state index in [1.54, 1.807) is 0 Å². The van der Waals surface area contributed by atoms with Gasteiger partial charge < -0.3 is 5.73 Å². The standard InChI is InChI=1S/C7H17N.Li.H/c1-4-7(8,5-2)6-3;;/h4-6,8H2,1-3H3;;. The molecule has 2 heteroatoms. The molecule has 0 aromatic heterocycles. The molecule has 52 valence electrons. The molecule has 0 saturated heterocycles. The summed E-state index contributed by atoms with van der Waals surface area (Å²) in [7, 11) is 0. The summed E-state index contributed by atoms with van der Waals surface area (Å²) in [5.74, 6) is 0. The minimum absolute atomic E-state index is 0. The van der Waals surface area contributed by atoms with Gasteiger partial charge in [0.1, 0.15) is 0 Å². The van der Waals surface area contributed by atoms with Gasteiger partial charge in [0.15, 0.2) is 0 Å². The Labute approximate surface area is 70.6 Å². The summed E-state index contributed by atoms with van der Waals surface area (Å²) in [4.78, 5) is 0. The molecule has 0 aromatic rings. The van der Waals surface area contributed by atoms with Crippen molar-refractivity contribution in [3.8, 4) is 0 Å². The van der Waals surface area contributed by atoms with Crippen molar-refractivity contribution in [2.45, 2.75) is 45.6 Å². The molecule has 2 N–H and O–H groups in total. The molecule has 9 heavy (non-hydrogen) atoms. The van der Waals surface area contributed by atoms with E-state index in [4.69, 9.17) is 5.73 Å². The van der Waals surface area contributed by atoms with E-state index in [-0.39, 0.29) is 24.4 Å². The summed E-state index contributed by atoms with van der Waals surface area (Å²) in [6.07, 6.45) is 3.29. The average Bonchev–Trinajstić information content (AvgIpc) is 1.87. The van der Waals surface area contributed by atoms with E-state index < -0.39 is 0 Å². The van der Waals surface area contributed by atoms with Gasteiger partial charge in [-0.3, -0.25) is 0 Å². The Kier molecular flexibility index (Phi) is 7.29. The summed E-state index contributed by atoms with van der Waals surface area (Å²) in [6, 6.07) is 0. The topological polar surface area (TPSA) is 26.0 Å². The van der Waals surface area contributed by atoms with Crippen LogP contribution in [0.5, 0.6) is 0 Å². The van der Waals surface area contributed by atoms with E-state index in [9.17, 15) is 0 Å². The number of nitrogens with two attached hydrogens (primary N) is 1. The quantitative estimate of drug-likeness (QED) is 0.562. The Morgan fingerprint density at radius 2 is 1.22 bits per heavy atom. The van der Waals surface area contributed by atoms with Gasteiger partial charge in [-0.15, -0.1) is 0 Å². The minimum atomic E-state index is 0. The van der Waals surface area contributed by atoms with Gasteiger partial charge in [-0.25, -0.2) is 0 Å². The summed E-state index contributed by atoms with van der Waals surface area (Å²) >= 11 is 0. The zero-order valence-corrected chi connectivity index (χ0v) is 6.20. The molecule has 0 spiro atoms. The molecule has 0 aliphatic carbocycles. The molecule has 0 saturated carbocycles. The maximum absolute atomic E-state index is 5.90. The Balaban J connectivity index is 0. The van der Waals surface area contributed by atoms with Crippen LogP contribution in [0.15, 0.2) is 0 Å². The van der Waals surface area contributed by atoms with Crippen LogP contribution >= 0.6 is 0 Å². The van der Waals surface area contributed by atoms with Gasteiger partial charge in [-0.05, 0) is 19.3 Å². The van der Waals surface area contributed by atoms with Crippen molar-refractivity contribution in [3.05, 3.63) is 0 Å². The van der Waals surface area contributed by atoms with Crippen LogP contribution in [-0.2, 0) is 0 Å². The second-order valence-electron chi connectivity index (χ2n) is 2.42. The molecule has 0 aromatic carbocycles. The van der Waals surface area contributed by atoms with Crippen LogP contribution in [-0.4, -0.2) is 24.4 Å². The number of hydrogen-bond donors (Lipinski definition) is 1. The summed E-state index contributed by atoms with van der Waals surface area (Å²) in [5.41, 5.74) is 6.02. The molecular weight excluding hydrogens is 105 g/mol. The molecule has 0 amide bonds. The van der Waals surface area contributed by atoms with Crippen molar-refractivity contribution in [3.63, 3.8) is 0 Å². The fourth-order valence-corrected chi connectivity index (χ4v) is 0.750. The van der Waals surface area contributed by atoms with Gasteiger partial charge in [-0.2, -0.15) is 0 Å². The second-order valence-corrected chi connectivity index (χ2v) is 2.42. The predicted octanol–water partition coefficient (Wildman–Crippen LogP) is 1.27. The van der Waals surface area contributed by atoms with E-state index in [0.717, 1.165) is 19.3 Å². The predicted molar refractivity (Wildman–Crippen MR) is 44.9 cm³/mol. The molecule has 0 atom stereocenters. The molecule has 0 fully saturated rings. The Bertz CT molecular complexity index is 51.7. The van der Waals surface area contributed by atoms with Crippen molar-refractivity contribution in [2.24, 2.45) is 5.73 Å². The van der Waals surface area contributed by atoms with Gasteiger partial charge >= 0.3 is 18.9 Å². The fourth-order valence-electron chi connectivity index (χ4n) is 0.750. The second kappa shape index (κ2) is 5.35. The van der Waals surface area contributed by atoms with Crippen LogP contribution in [0.2, 0.25) is 0 Å². The molecule has 0 unspecified atom stereocenters. The third kappa shape index (κ3) is 4.03. The first-order chi connectivity index (χ1) is 3.68. The van der Waals surface area contributed by atoms with Gasteiger partial charge in [0.05, 0.1) is 0 Å². The van der Waals surface area contributed by atoms with Crippen molar-refractivity contribution in [2.75, 3.05) is 0 Å². The summed E-state index contributed by atoms with van der Waals surface area (Å²) in [6.45, 7) is 6.44. The van der Waals surface area contributed by atoms with E-state index in [1.165, 1.54) is 0 Å². The van der Waals surface area contributed by atoms with Crippen LogP contribution in [0.4, 0.5) is 0 Å². The normalized spacial score (nSPS) is 10.7. The molecule has 1 nitrogen and oxygen atoms in total. The molecule has 0 bridgehead atoms. The molecule has 0 heterocycles. The third-order valence-corrected chi connectivity index (χ3v) is 2.11. The van der Waals surface area contributed by atoms with Crippen LogP contribution in [0, 0.1) is 0 Å². The maximum atomic E-state index is 5.90. The molecule has 0 radical (unpaired) electrons. The Hall–Kier alpha value is 0.557. The zero-order chi connectivity index (χ0) is 6.62. The first-order valence-electron chi connectivity index (χ1n) is 3.47. The summed E-state index contributed by atoms with van der Waals surface area (Å²) < 4.78 is 0. The van der Waals surface area contributed by atoms with Crippen LogP contribution in [0.1, 0.15) is 40.0 Å². The molecule has 0 aliphatic rings. The first kappa shape index (κ1) is 12.3. The Morgan fingerprint density at radius 3 is 1.22 bits per heavy atom. The van der Waals surface area contributed by atoms with Crippen molar-refractivity contribution in [1.29, 1.82) is 0 Å². The van der Waals surface area contributed by atoms with E-state index >= 15 is 0 Å². The first-order valence-corrected chi connectivity index (χ1v) is 3.47. The van der Waals surface area contributed by atoms with Crippen molar-refractivity contribution < 1.29 is 0 Å². The SMILES string of the molecule is CCC(N)(CC)CC.[LiH]. The van der Waals surface area contributed by atoms with Crippen LogP contribution < -0.4 is 5.73 Å². The van der Waals surface area contributed by atoms with E-state index in [1.807, 2.05) is 0 Å². The van der Waals surface area contributed by atoms with Gasteiger partial charge in [0, 0.05) is 5.54 Å². The fraction of sp³-hybridized carbons (Fsp3) is 1.00. The van der Waals surface area contributed by atoms with Gasteiger partial charge in [-0.1, -0.05) is 20.8 Å². The monoisotopic (exact) mass is 123 g/mol. The van der Waals surface area contributed by atoms with E-state index in [2.05, 4.69) is 20.8 Å². The van der Waals surface area contributed by atoms with Crippen molar-refractivity contribution >= 4 is 18.9 Å². The zero-order valence-electron chi connectivity index (χ0n) is 6.20. The van der Waals surface area contributed by atoms with E-state index in [0.29, 0.717) is 0 Å². The van der Waals surface area contributed by atoms with Crippen LogP contribution in [0.25, 0.3) is 0 Å². The summed E-state index contributed by atoms with van der Waals surface area (Å²) in [5, 5.41) is 0. The third-order valence-electron chi connectivity index (χ3n) is 2.11. The van der Waals surface area contributed by atoms with Gasteiger partial charge in [0.2, 0.25) is 0 Å².